The lowest BCUT2D eigenvalue weighted by Gasteiger charge is -2.07. The summed E-state index contributed by atoms with van der Waals surface area (Å²) < 4.78 is 0.492. The van der Waals surface area contributed by atoms with Gasteiger partial charge in [-0.2, -0.15) is 0 Å². The average molecular weight is 375 g/mol. The molecule has 128 valence electrons. The van der Waals surface area contributed by atoms with Crippen LogP contribution in [0, 0.1) is 13.8 Å². The molecular weight excluding hydrogens is 360 g/mol. The van der Waals surface area contributed by atoms with Gasteiger partial charge in [-0.3, -0.25) is 9.59 Å². The number of hydrogen-bond donors (Lipinski definition) is 3. The number of aromatic hydroxyl groups is 1. The lowest BCUT2D eigenvalue weighted by atomic mass is 10.1. The van der Waals surface area contributed by atoms with Crippen molar-refractivity contribution in [1.29, 1.82) is 0 Å². The molecule has 0 radical (unpaired) electrons. The van der Waals surface area contributed by atoms with Crippen molar-refractivity contribution in [2.75, 3.05) is 5.32 Å². The predicted molar refractivity (Wildman–Crippen MR) is 101 cm³/mol. The maximum atomic E-state index is 12.5. The van der Waals surface area contributed by atoms with Crippen molar-refractivity contribution in [2.24, 2.45) is 5.73 Å². The van der Waals surface area contributed by atoms with E-state index >= 15 is 0 Å². The molecule has 3 rings (SSSR count). The Hall–Kier alpha value is -2.57. The summed E-state index contributed by atoms with van der Waals surface area (Å²) in [4.78, 5) is 24.4. The summed E-state index contributed by atoms with van der Waals surface area (Å²) in [5.74, 6) is -1.13. The van der Waals surface area contributed by atoms with E-state index in [1.165, 1.54) is 6.07 Å². The number of amides is 2. The van der Waals surface area contributed by atoms with Crippen LogP contribution in [0.25, 0.3) is 10.1 Å². The quantitative estimate of drug-likeness (QED) is 0.640. The maximum absolute atomic E-state index is 12.5. The largest absolute Gasteiger partial charge is 0.506 e. The van der Waals surface area contributed by atoms with Crippen LogP contribution in [0.5, 0.6) is 5.75 Å². The first-order chi connectivity index (χ1) is 11.8. The number of carbonyl (C=O) groups is 2. The lowest BCUT2D eigenvalue weighted by Crippen LogP contribution is -2.17. The summed E-state index contributed by atoms with van der Waals surface area (Å²) in [5, 5.41) is 13.4. The highest BCUT2D eigenvalue weighted by Crippen LogP contribution is 2.42. The SMILES string of the molecule is Cc1ccc(C(=O)Nc2sc3c(Cl)c(O)ccc3c2C(N)=O)cc1C. The number of halogens is 1. The van der Waals surface area contributed by atoms with Gasteiger partial charge < -0.3 is 16.2 Å². The van der Waals surface area contributed by atoms with E-state index in [1.807, 2.05) is 19.9 Å². The number of fused-ring (bicyclic) bond motifs is 1. The molecule has 0 saturated carbocycles. The monoisotopic (exact) mass is 374 g/mol. The van der Waals surface area contributed by atoms with Gasteiger partial charge in [-0.05, 0) is 49.2 Å². The van der Waals surface area contributed by atoms with Crippen LogP contribution in [0.4, 0.5) is 5.00 Å². The zero-order valence-corrected chi connectivity index (χ0v) is 15.1. The molecule has 1 heterocycles. The Bertz CT molecular complexity index is 1030. The Kier molecular flexibility index (Phi) is 4.41. The van der Waals surface area contributed by atoms with E-state index in [1.54, 1.807) is 18.2 Å². The fourth-order valence-corrected chi connectivity index (χ4v) is 3.92. The number of anilines is 1. The molecule has 5 nitrogen and oxygen atoms in total. The van der Waals surface area contributed by atoms with Gasteiger partial charge >= 0.3 is 0 Å². The van der Waals surface area contributed by atoms with Gasteiger partial charge in [-0.1, -0.05) is 17.7 Å². The number of nitrogens with one attached hydrogen (secondary N) is 1. The summed E-state index contributed by atoms with van der Waals surface area (Å²) in [6.07, 6.45) is 0. The number of rotatable bonds is 3. The normalized spacial score (nSPS) is 10.8. The van der Waals surface area contributed by atoms with Gasteiger partial charge in [0.05, 0.1) is 10.3 Å². The number of nitrogens with two attached hydrogens (primary N) is 1. The predicted octanol–water partition coefficient (Wildman–Crippen LogP) is 4.23. The van der Waals surface area contributed by atoms with Crippen LogP contribution in [0.2, 0.25) is 5.02 Å². The van der Waals surface area contributed by atoms with Gasteiger partial charge in [0.1, 0.15) is 15.8 Å². The van der Waals surface area contributed by atoms with E-state index in [-0.39, 0.29) is 22.2 Å². The van der Waals surface area contributed by atoms with Crippen LogP contribution in [0.15, 0.2) is 30.3 Å². The van der Waals surface area contributed by atoms with Crippen molar-refractivity contribution in [3.63, 3.8) is 0 Å². The van der Waals surface area contributed by atoms with Crippen molar-refractivity contribution >= 4 is 49.8 Å². The highest BCUT2D eigenvalue weighted by molar-refractivity contribution is 7.24. The summed E-state index contributed by atoms with van der Waals surface area (Å²) in [6, 6.07) is 8.30. The highest BCUT2D eigenvalue weighted by Gasteiger charge is 2.21. The van der Waals surface area contributed by atoms with Crippen molar-refractivity contribution in [2.45, 2.75) is 13.8 Å². The molecule has 0 bridgehead atoms. The first-order valence-electron chi connectivity index (χ1n) is 7.42. The molecule has 0 saturated heterocycles. The maximum Gasteiger partial charge on any atom is 0.256 e. The van der Waals surface area contributed by atoms with Crippen molar-refractivity contribution in [3.05, 3.63) is 57.6 Å². The van der Waals surface area contributed by atoms with Gasteiger partial charge in [0, 0.05) is 10.9 Å². The summed E-state index contributed by atoms with van der Waals surface area (Å²) in [7, 11) is 0. The third-order valence-corrected chi connectivity index (χ3v) is 5.65. The smallest absolute Gasteiger partial charge is 0.256 e. The molecule has 0 aliphatic carbocycles. The Morgan fingerprint density at radius 3 is 2.52 bits per heavy atom. The molecule has 0 aliphatic rings. The Balaban J connectivity index is 2.07. The average Bonchev–Trinajstić information content (AvgIpc) is 2.92. The van der Waals surface area contributed by atoms with E-state index in [0.29, 0.717) is 20.7 Å². The zero-order valence-electron chi connectivity index (χ0n) is 13.5. The van der Waals surface area contributed by atoms with Crippen LogP contribution < -0.4 is 11.1 Å². The first-order valence-corrected chi connectivity index (χ1v) is 8.61. The molecule has 0 atom stereocenters. The van der Waals surface area contributed by atoms with E-state index in [2.05, 4.69) is 5.32 Å². The molecule has 0 unspecified atom stereocenters. The molecule has 3 aromatic rings. The number of phenols is 1. The molecule has 25 heavy (non-hydrogen) atoms. The fraction of sp³-hybridized carbons (Fsp3) is 0.111. The van der Waals surface area contributed by atoms with Gasteiger partial charge in [0.25, 0.3) is 11.8 Å². The number of thiophene rings is 1. The first kappa shape index (κ1) is 17.3. The lowest BCUT2D eigenvalue weighted by molar-refractivity contribution is 0.100. The summed E-state index contributed by atoms with van der Waals surface area (Å²) in [6.45, 7) is 3.88. The van der Waals surface area contributed by atoms with Gasteiger partial charge in [0.15, 0.2) is 0 Å². The van der Waals surface area contributed by atoms with Crippen LogP contribution in [0.1, 0.15) is 31.8 Å². The molecule has 4 N–H and O–H groups in total. The van der Waals surface area contributed by atoms with Gasteiger partial charge in [-0.25, -0.2) is 0 Å². The molecule has 0 fully saturated rings. The second kappa shape index (κ2) is 6.38. The Labute approximate surface area is 153 Å². The number of aryl methyl sites for hydroxylation is 2. The number of hydrogen-bond acceptors (Lipinski definition) is 4. The second-order valence-electron chi connectivity index (χ2n) is 5.70. The minimum absolute atomic E-state index is 0.0986. The highest BCUT2D eigenvalue weighted by atomic mass is 35.5. The Morgan fingerprint density at radius 2 is 1.88 bits per heavy atom. The van der Waals surface area contributed by atoms with Crippen molar-refractivity contribution in [1.82, 2.24) is 0 Å². The number of benzene rings is 2. The Morgan fingerprint density at radius 1 is 1.16 bits per heavy atom. The van der Waals surface area contributed by atoms with E-state index in [9.17, 15) is 14.7 Å². The number of primary amides is 1. The molecule has 0 spiro atoms. The van der Waals surface area contributed by atoms with E-state index < -0.39 is 5.91 Å². The van der Waals surface area contributed by atoms with Crippen molar-refractivity contribution in [3.8, 4) is 5.75 Å². The number of carbonyl (C=O) groups excluding carboxylic acids is 2. The minimum atomic E-state index is -0.677. The van der Waals surface area contributed by atoms with E-state index in [4.69, 9.17) is 17.3 Å². The summed E-state index contributed by atoms with van der Waals surface area (Å²) in [5.41, 5.74) is 8.21. The van der Waals surface area contributed by atoms with Gasteiger partial charge in [0.2, 0.25) is 0 Å². The molecule has 1 aromatic heterocycles. The third kappa shape index (κ3) is 3.06. The van der Waals surface area contributed by atoms with Crippen LogP contribution >= 0.6 is 22.9 Å². The molecular formula is C18H15ClN2O3S. The zero-order chi connectivity index (χ0) is 18.3. The third-order valence-electron chi connectivity index (χ3n) is 4.02. The summed E-state index contributed by atoms with van der Waals surface area (Å²) >= 11 is 7.20. The number of phenolic OH excluding ortho intramolecular Hbond substituents is 1. The fourth-order valence-electron chi connectivity index (χ4n) is 2.51. The van der Waals surface area contributed by atoms with Crippen LogP contribution in [-0.2, 0) is 0 Å². The molecule has 7 heteroatoms. The molecule has 0 aliphatic heterocycles. The standard InChI is InChI=1S/C18H15ClN2O3S/c1-8-3-4-10(7-9(8)2)17(24)21-18-13(16(20)23)11-5-6-12(22)14(19)15(11)25-18/h3-7,22H,1-2H3,(H2,20,23)(H,21,24). The molecule has 2 amide bonds. The van der Waals surface area contributed by atoms with E-state index in [0.717, 1.165) is 22.5 Å². The van der Waals surface area contributed by atoms with Crippen LogP contribution in [0.3, 0.4) is 0 Å². The second-order valence-corrected chi connectivity index (χ2v) is 7.10. The van der Waals surface area contributed by atoms with Crippen LogP contribution in [-0.4, -0.2) is 16.9 Å². The van der Waals surface area contributed by atoms with Gasteiger partial charge in [-0.15, -0.1) is 11.3 Å². The molecule has 2 aromatic carbocycles. The van der Waals surface area contributed by atoms with Crippen molar-refractivity contribution < 1.29 is 14.7 Å². The minimum Gasteiger partial charge on any atom is -0.506 e. The topological polar surface area (TPSA) is 92.4 Å².